The van der Waals surface area contributed by atoms with Crippen molar-refractivity contribution in [3.63, 3.8) is 0 Å². The van der Waals surface area contributed by atoms with E-state index in [0.29, 0.717) is 12.4 Å². The first kappa shape index (κ1) is 13.3. The summed E-state index contributed by atoms with van der Waals surface area (Å²) in [4.78, 5) is 13.8. The van der Waals surface area contributed by atoms with Crippen LogP contribution in [-0.2, 0) is 11.3 Å². The zero-order chi connectivity index (χ0) is 13.8. The number of para-hydroxylation sites is 1. The second-order valence-electron chi connectivity index (χ2n) is 4.26. The summed E-state index contributed by atoms with van der Waals surface area (Å²) >= 11 is 0. The Kier molecular flexibility index (Phi) is 3.97. The van der Waals surface area contributed by atoms with Crippen LogP contribution in [0.3, 0.4) is 0 Å². The van der Waals surface area contributed by atoms with Crippen molar-refractivity contribution in [3.05, 3.63) is 47.3 Å². The van der Waals surface area contributed by atoms with E-state index in [1.807, 2.05) is 31.2 Å². The van der Waals surface area contributed by atoms with E-state index in [-0.39, 0.29) is 11.6 Å². The maximum Gasteiger partial charge on any atom is 0.280 e. The molecule has 1 aromatic heterocycles. The molecule has 0 atom stereocenters. The highest BCUT2D eigenvalue weighted by Crippen LogP contribution is 2.20. The van der Waals surface area contributed by atoms with Gasteiger partial charge in [-0.2, -0.15) is 0 Å². The number of carbonyl (C=O) groups excluding carboxylic acids is 1. The number of ether oxygens (including phenoxy) is 1. The van der Waals surface area contributed by atoms with Gasteiger partial charge in [0, 0.05) is 25.9 Å². The average Bonchev–Trinajstić information content (AvgIpc) is 2.87. The number of hydrogen-bond acceptors (Lipinski definition) is 4. The molecule has 0 radical (unpaired) electrons. The third-order valence-corrected chi connectivity index (χ3v) is 2.85. The van der Waals surface area contributed by atoms with Crippen molar-refractivity contribution in [2.24, 2.45) is 0 Å². The summed E-state index contributed by atoms with van der Waals surface area (Å²) in [6.45, 7) is 2.26. The fourth-order valence-electron chi connectivity index (χ4n) is 1.85. The summed E-state index contributed by atoms with van der Waals surface area (Å²) in [5, 5.41) is 3.76. The Balaban J connectivity index is 2.21. The molecule has 0 aliphatic rings. The molecule has 2 aromatic rings. The molecule has 19 heavy (non-hydrogen) atoms. The highest BCUT2D eigenvalue weighted by molar-refractivity contribution is 6.04. The van der Waals surface area contributed by atoms with E-state index in [0.717, 1.165) is 11.3 Å². The van der Waals surface area contributed by atoms with Crippen molar-refractivity contribution in [3.8, 4) is 0 Å². The van der Waals surface area contributed by atoms with Crippen LogP contribution < -0.4 is 4.90 Å². The van der Waals surface area contributed by atoms with Crippen molar-refractivity contribution >= 4 is 11.6 Å². The monoisotopic (exact) mass is 260 g/mol. The van der Waals surface area contributed by atoms with Crippen LogP contribution in [0.25, 0.3) is 0 Å². The number of aryl methyl sites for hydroxylation is 1. The minimum atomic E-state index is -0.208. The highest BCUT2D eigenvalue weighted by atomic mass is 16.5. The molecule has 1 amide bonds. The lowest BCUT2D eigenvalue weighted by Crippen LogP contribution is -2.27. The molecule has 0 fully saturated rings. The Morgan fingerprint density at radius 3 is 2.84 bits per heavy atom. The molecule has 0 aliphatic carbocycles. The first-order chi connectivity index (χ1) is 9.13. The van der Waals surface area contributed by atoms with Gasteiger partial charge in [0.2, 0.25) is 0 Å². The van der Waals surface area contributed by atoms with Crippen molar-refractivity contribution in [1.82, 2.24) is 5.16 Å². The van der Waals surface area contributed by atoms with E-state index in [4.69, 9.17) is 9.26 Å². The van der Waals surface area contributed by atoms with Crippen LogP contribution in [0.2, 0.25) is 0 Å². The summed E-state index contributed by atoms with van der Waals surface area (Å²) in [6, 6.07) is 9.28. The molecule has 100 valence electrons. The minimum Gasteiger partial charge on any atom is -0.377 e. The van der Waals surface area contributed by atoms with E-state index in [1.54, 1.807) is 25.1 Å². The van der Waals surface area contributed by atoms with Crippen LogP contribution in [0.1, 0.15) is 21.8 Å². The Morgan fingerprint density at radius 2 is 2.16 bits per heavy atom. The molecule has 0 N–H and O–H groups in total. The molecule has 5 nitrogen and oxygen atoms in total. The maximum atomic E-state index is 12.3. The molecule has 0 saturated heterocycles. The number of methoxy groups -OCH3 is 1. The van der Waals surface area contributed by atoms with Crippen LogP contribution in [0.4, 0.5) is 5.69 Å². The predicted molar refractivity (Wildman–Crippen MR) is 71.1 cm³/mol. The SMILES string of the molecule is COCc1cc(C(=O)N(C)c2ccccc2C)no1. The second kappa shape index (κ2) is 5.67. The van der Waals surface area contributed by atoms with Gasteiger partial charge in [-0.3, -0.25) is 4.79 Å². The largest absolute Gasteiger partial charge is 0.377 e. The molecule has 5 heteroatoms. The zero-order valence-corrected chi connectivity index (χ0v) is 11.2. The van der Waals surface area contributed by atoms with Crippen molar-refractivity contribution < 1.29 is 14.1 Å². The minimum absolute atomic E-state index is 0.208. The van der Waals surface area contributed by atoms with E-state index in [2.05, 4.69) is 5.16 Å². The number of amides is 1. The fraction of sp³-hybridized carbons (Fsp3) is 0.286. The molecule has 2 rings (SSSR count). The summed E-state index contributed by atoms with van der Waals surface area (Å²) in [5.74, 6) is 0.324. The number of anilines is 1. The lowest BCUT2D eigenvalue weighted by atomic mass is 10.2. The van der Waals surface area contributed by atoms with Crippen LogP contribution in [-0.4, -0.2) is 25.2 Å². The van der Waals surface area contributed by atoms with E-state index in [1.165, 1.54) is 0 Å². The topological polar surface area (TPSA) is 55.6 Å². The highest BCUT2D eigenvalue weighted by Gasteiger charge is 2.19. The third-order valence-electron chi connectivity index (χ3n) is 2.85. The predicted octanol–water partition coefficient (Wildman–Crippen LogP) is 2.41. The molecule has 0 spiro atoms. The molecule has 1 heterocycles. The Hall–Kier alpha value is -2.14. The second-order valence-corrected chi connectivity index (χ2v) is 4.26. The Morgan fingerprint density at radius 1 is 1.42 bits per heavy atom. The standard InChI is InChI=1S/C14H16N2O3/c1-10-6-4-5-7-13(10)16(2)14(17)12-8-11(9-18-3)19-15-12/h4-8H,9H2,1-3H3. The van der Waals surface area contributed by atoms with Gasteiger partial charge in [0.05, 0.1) is 0 Å². The van der Waals surface area contributed by atoms with Crippen molar-refractivity contribution in [2.75, 3.05) is 19.1 Å². The fourth-order valence-corrected chi connectivity index (χ4v) is 1.85. The smallest absolute Gasteiger partial charge is 0.280 e. The lowest BCUT2D eigenvalue weighted by Gasteiger charge is -2.17. The first-order valence-corrected chi connectivity index (χ1v) is 5.91. The number of nitrogens with zero attached hydrogens (tertiary/aromatic N) is 2. The van der Waals surface area contributed by atoms with Crippen LogP contribution >= 0.6 is 0 Å². The van der Waals surface area contributed by atoms with Crippen LogP contribution in [0, 0.1) is 6.92 Å². The molecule has 0 aliphatic heterocycles. The van der Waals surface area contributed by atoms with Gasteiger partial charge >= 0.3 is 0 Å². The van der Waals surface area contributed by atoms with Gasteiger partial charge in [0.1, 0.15) is 6.61 Å². The van der Waals surface area contributed by atoms with Gasteiger partial charge in [-0.15, -0.1) is 0 Å². The van der Waals surface area contributed by atoms with Gasteiger partial charge in [-0.25, -0.2) is 0 Å². The van der Waals surface area contributed by atoms with Crippen molar-refractivity contribution in [1.29, 1.82) is 0 Å². The molecule has 0 saturated carbocycles. The number of aromatic nitrogens is 1. The average molecular weight is 260 g/mol. The normalized spacial score (nSPS) is 10.5. The van der Waals surface area contributed by atoms with Gasteiger partial charge in [0.15, 0.2) is 11.5 Å². The number of carbonyl (C=O) groups is 1. The molecule has 1 aromatic carbocycles. The molecule has 0 bridgehead atoms. The van der Waals surface area contributed by atoms with Gasteiger partial charge in [-0.05, 0) is 18.6 Å². The van der Waals surface area contributed by atoms with E-state index in [9.17, 15) is 4.79 Å². The summed E-state index contributed by atoms with van der Waals surface area (Å²) in [5.41, 5.74) is 2.15. The quantitative estimate of drug-likeness (QED) is 0.847. The zero-order valence-electron chi connectivity index (χ0n) is 11.2. The maximum absolute atomic E-state index is 12.3. The molecular formula is C14H16N2O3. The lowest BCUT2D eigenvalue weighted by molar-refractivity contribution is 0.0983. The number of benzene rings is 1. The van der Waals surface area contributed by atoms with E-state index < -0.39 is 0 Å². The Labute approximate surface area is 111 Å². The van der Waals surface area contributed by atoms with E-state index >= 15 is 0 Å². The summed E-state index contributed by atoms with van der Waals surface area (Å²) in [7, 11) is 3.28. The third kappa shape index (κ3) is 2.82. The summed E-state index contributed by atoms with van der Waals surface area (Å²) in [6.07, 6.45) is 0. The van der Waals surface area contributed by atoms with Gasteiger partial charge in [0.25, 0.3) is 5.91 Å². The Bertz CT molecular complexity index is 578. The number of rotatable bonds is 4. The molecular weight excluding hydrogens is 244 g/mol. The van der Waals surface area contributed by atoms with Crippen molar-refractivity contribution in [2.45, 2.75) is 13.5 Å². The molecule has 0 unspecified atom stereocenters. The van der Waals surface area contributed by atoms with Gasteiger partial charge < -0.3 is 14.2 Å². The van der Waals surface area contributed by atoms with Crippen LogP contribution in [0.5, 0.6) is 0 Å². The summed E-state index contributed by atoms with van der Waals surface area (Å²) < 4.78 is 9.95. The van der Waals surface area contributed by atoms with Gasteiger partial charge in [-0.1, -0.05) is 23.4 Å². The first-order valence-electron chi connectivity index (χ1n) is 5.91. The van der Waals surface area contributed by atoms with Crippen LogP contribution in [0.15, 0.2) is 34.9 Å². The number of hydrogen-bond donors (Lipinski definition) is 0.